The molecule has 0 bridgehead atoms. The van der Waals surface area contributed by atoms with Crippen molar-refractivity contribution >= 4 is 22.9 Å². The van der Waals surface area contributed by atoms with E-state index in [4.69, 9.17) is 5.73 Å². The van der Waals surface area contributed by atoms with Crippen LogP contribution in [0.25, 0.3) is 0 Å². The number of nitrogens with two attached hydrogens (primary N) is 1. The number of nitro benzene ring substituents is 1. The van der Waals surface area contributed by atoms with Crippen LogP contribution < -0.4 is 10.7 Å². The van der Waals surface area contributed by atoms with Crippen LogP contribution >= 0.6 is 0 Å². The van der Waals surface area contributed by atoms with Crippen molar-refractivity contribution in [2.75, 3.05) is 5.01 Å². The number of Topliss-reactive ketones (excluding diaryl/α,β-unsaturated/α-hetero) is 1. The van der Waals surface area contributed by atoms with Gasteiger partial charge >= 0.3 is 0 Å². The van der Waals surface area contributed by atoms with Crippen molar-refractivity contribution < 1.29 is 9.72 Å². The number of hydrogen-bond acceptors (Lipinski definition) is 7. The number of carbonyl (C=O) groups excluding carboxylic acids is 1. The highest BCUT2D eigenvalue weighted by molar-refractivity contribution is 6.42. The summed E-state index contributed by atoms with van der Waals surface area (Å²) in [4.78, 5) is 22.6. The first-order chi connectivity index (χ1) is 12.9. The normalized spacial score (nSPS) is 16.5. The van der Waals surface area contributed by atoms with Crippen molar-refractivity contribution in [2.45, 2.75) is 12.8 Å². The first-order valence-corrected chi connectivity index (χ1v) is 8.02. The number of carbonyl (C=O) groups is 1. The highest BCUT2D eigenvalue weighted by Crippen LogP contribution is 2.35. The average molecular weight is 361 g/mol. The number of nitrogens with zero attached hydrogens (tertiary/aromatic N) is 4. The smallest absolute Gasteiger partial charge is 0.269 e. The lowest BCUT2D eigenvalue weighted by Gasteiger charge is -2.30. The second-order valence-corrected chi connectivity index (χ2v) is 5.88. The van der Waals surface area contributed by atoms with Crippen LogP contribution in [0, 0.1) is 21.4 Å². The van der Waals surface area contributed by atoms with Gasteiger partial charge in [0.1, 0.15) is 11.5 Å². The Labute approximate surface area is 155 Å². The van der Waals surface area contributed by atoms with Crippen LogP contribution in [0.5, 0.6) is 0 Å². The molecule has 1 heterocycles. The van der Waals surface area contributed by atoms with E-state index in [1.54, 1.807) is 24.3 Å². The Morgan fingerprint density at radius 2 is 1.85 bits per heavy atom. The fraction of sp³-hybridized carbons (Fsp3) is 0.105. The first kappa shape index (κ1) is 17.8. The molecule has 0 aromatic heterocycles. The summed E-state index contributed by atoms with van der Waals surface area (Å²) in [5.41, 5.74) is 7.61. The summed E-state index contributed by atoms with van der Waals surface area (Å²) in [6.07, 6.45) is 0. The van der Waals surface area contributed by atoms with Crippen LogP contribution in [0.2, 0.25) is 0 Å². The molecule has 1 aliphatic heterocycles. The summed E-state index contributed by atoms with van der Waals surface area (Å²) in [6.45, 7) is 1.37. The van der Waals surface area contributed by atoms with Gasteiger partial charge in [0.25, 0.3) is 5.69 Å². The summed E-state index contributed by atoms with van der Waals surface area (Å²) < 4.78 is 0. The summed E-state index contributed by atoms with van der Waals surface area (Å²) in [6, 6.07) is 16.7. The van der Waals surface area contributed by atoms with E-state index in [0.717, 1.165) is 5.56 Å². The van der Waals surface area contributed by atoms with Gasteiger partial charge < -0.3 is 5.73 Å². The van der Waals surface area contributed by atoms with E-state index >= 15 is 0 Å². The molecule has 0 radical (unpaired) electrons. The molecular weight excluding hydrogens is 346 g/mol. The van der Waals surface area contributed by atoms with Gasteiger partial charge in [-0.25, -0.2) is 5.01 Å². The highest BCUT2D eigenvalue weighted by Gasteiger charge is 2.34. The minimum Gasteiger partial charge on any atom is -0.383 e. The Hall–Kier alpha value is -3.99. The van der Waals surface area contributed by atoms with E-state index in [9.17, 15) is 20.2 Å². The Morgan fingerprint density at radius 3 is 2.37 bits per heavy atom. The van der Waals surface area contributed by atoms with Gasteiger partial charge in [-0.2, -0.15) is 10.4 Å². The number of allylic oxidation sites excluding steroid dienone is 1. The molecular formula is C19H15N5O3. The molecule has 8 heteroatoms. The van der Waals surface area contributed by atoms with Gasteiger partial charge in [-0.1, -0.05) is 30.3 Å². The molecule has 0 aliphatic carbocycles. The zero-order valence-electron chi connectivity index (χ0n) is 14.4. The molecule has 0 spiro atoms. The molecule has 1 unspecified atom stereocenters. The van der Waals surface area contributed by atoms with Gasteiger partial charge in [-0.05, 0) is 17.7 Å². The summed E-state index contributed by atoms with van der Waals surface area (Å²) in [7, 11) is 0. The molecule has 3 rings (SSSR count). The largest absolute Gasteiger partial charge is 0.383 e. The van der Waals surface area contributed by atoms with Gasteiger partial charge in [-0.15, -0.1) is 0 Å². The van der Waals surface area contributed by atoms with E-state index in [1.165, 1.54) is 36.2 Å². The minimum absolute atomic E-state index is 0.0743. The molecule has 0 saturated carbocycles. The molecule has 2 N–H and O–H groups in total. The van der Waals surface area contributed by atoms with E-state index in [1.807, 2.05) is 6.07 Å². The van der Waals surface area contributed by atoms with Crippen LogP contribution in [0.4, 0.5) is 11.4 Å². The van der Waals surface area contributed by atoms with E-state index in [2.05, 4.69) is 11.2 Å². The van der Waals surface area contributed by atoms with Crippen LogP contribution in [-0.4, -0.2) is 16.4 Å². The van der Waals surface area contributed by atoms with Gasteiger partial charge in [0, 0.05) is 19.1 Å². The number of hydrogen-bond donors (Lipinski definition) is 1. The van der Waals surface area contributed by atoms with Gasteiger partial charge in [0.2, 0.25) is 0 Å². The van der Waals surface area contributed by atoms with Gasteiger partial charge in [0.15, 0.2) is 5.78 Å². The molecule has 2 aromatic rings. The summed E-state index contributed by atoms with van der Waals surface area (Å²) >= 11 is 0. The fourth-order valence-electron chi connectivity index (χ4n) is 2.90. The Morgan fingerprint density at radius 1 is 1.22 bits per heavy atom. The van der Waals surface area contributed by atoms with E-state index in [-0.39, 0.29) is 28.6 Å². The van der Waals surface area contributed by atoms with E-state index < -0.39 is 10.8 Å². The van der Waals surface area contributed by atoms with Crippen LogP contribution in [0.3, 0.4) is 0 Å². The third kappa shape index (κ3) is 3.26. The average Bonchev–Trinajstić information content (AvgIpc) is 2.68. The Kier molecular flexibility index (Phi) is 4.68. The van der Waals surface area contributed by atoms with Gasteiger partial charge in [0.05, 0.1) is 28.2 Å². The van der Waals surface area contributed by atoms with Crippen molar-refractivity contribution in [3.8, 4) is 6.07 Å². The molecule has 1 aliphatic rings. The van der Waals surface area contributed by atoms with Gasteiger partial charge in [-0.3, -0.25) is 14.9 Å². The van der Waals surface area contributed by atoms with E-state index in [0.29, 0.717) is 5.69 Å². The minimum atomic E-state index is -0.664. The number of ketones is 1. The lowest BCUT2D eigenvalue weighted by molar-refractivity contribution is -0.384. The molecule has 1 atom stereocenters. The Balaban J connectivity index is 2.13. The predicted octanol–water partition coefficient (Wildman–Crippen LogP) is 2.84. The second kappa shape index (κ2) is 7.09. The molecule has 134 valence electrons. The summed E-state index contributed by atoms with van der Waals surface area (Å²) in [5.74, 6) is -0.885. The predicted molar refractivity (Wildman–Crippen MR) is 99.7 cm³/mol. The van der Waals surface area contributed by atoms with Crippen molar-refractivity contribution in [1.82, 2.24) is 0 Å². The first-order valence-electron chi connectivity index (χ1n) is 8.02. The standard InChI is InChI=1S/C19H15N5O3/c1-12(25)18-17(13-5-3-2-4-6-13)16(11-20)19(21)23(22-18)14-7-9-15(10-8-14)24(26)27/h2-10,17H,21H2,1H3. The maximum Gasteiger partial charge on any atom is 0.269 e. The number of rotatable bonds is 4. The SMILES string of the molecule is CC(=O)C1=NN(c2ccc([N+](=O)[O-])cc2)C(N)=C(C#N)C1c1ccccc1. The van der Waals surface area contributed by atoms with Crippen molar-refractivity contribution in [2.24, 2.45) is 10.8 Å². The van der Waals surface area contributed by atoms with Crippen LogP contribution in [-0.2, 0) is 4.79 Å². The summed E-state index contributed by atoms with van der Waals surface area (Å²) in [5, 5.41) is 26.2. The van der Waals surface area contributed by atoms with Crippen molar-refractivity contribution in [3.63, 3.8) is 0 Å². The fourth-order valence-corrected chi connectivity index (χ4v) is 2.90. The van der Waals surface area contributed by atoms with Crippen LogP contribution in [0.1, 0.15) is 18.4 Å². The third-order valence-corrected chi connectivity index (χ3v) is 4.19. The molecule has 2 aromatic carbocycles. The number of anilines is 1. The van der Waals surface area contributed by atoms with Crippen molar-refractivity contribution in [3.05, 3.63) is 81.7 Å². The topological polar surface area (TPSA) is 126 Å². The number of nitriles is 1. The third-order valence-electron chi connectivity index (χ3n) is 4.19. The Bertz CT molecular complexity index is 1000. The maximum atomic E-state index is 12.3. The van der Waals surface area contributed by atoms with Crippen LogP contribution in [0.15, 0.2) is 71.1 Å². The second-order valence-electron chi connectivity index (χ2n) is 5.88. The molecule has 0 amide bonds. The molecule has 27 heavy (non-hydrogen) atoms. The maximum absolute atomic E-state index is 12.3. The van der Waals surface area contributed by atoms with Crippen molar-refractivity contribution in [1.29, 1.82) is 5.26 Å². The number of hydrazone groups is 1. The zero-order chi connectivity index (χ0) is 19.6. The zero-order valence-corrected chi connectivity index (χ0v) is 14.4. The lowest BCUT2D eigenvalue weighted by atomic mass is 9.84. The number of non-ortho nitro benzene ring substituents is 1. The number of benzene rings is 2. The quantitative estimate of drug-likeness (QED) is 0.659. The lowest BCUT2D eigenvalue weighted by Crippen LogP contribution is -2.36. The molecule has 8 nitrogen and oxygen atoms in total. The number of nitro groups is 1. The molecule has 0 saturated heterocycles. The molecule has 0 fully saturated rings. The highest BCUT2D eigenvalue weighted by atomic mass is 16.6. The monoisotopic (exact) mass is 361 g/mol.